The highest BCUT2D eigenvalue weighted by atomic mass is 79.9. The SMILES string of the molecule is Cc1cc(Br)ccc1NC(=O)CNC(=O)c1ccc(-c2nc3ccccc3s2)o1. The van der Waals surface area contributed by atoms with E-state index in [1.165, 1.54) is 11.3 Å². The maximum absolute atomic E-state index is 12.3. The molecule has 0 spiro atoms. The zero-order valence-electron chi connectivity index (χ0n) is 15.4. The lowest BCUT2D eigenvalue weighted by atomic mass is 10.2. The van der Waals surface area contributed by atoms with Crippen LogP contribution in [0.4, 0.5) is 5.69 Å². The Labute approximate surface area is 179 Å². The highest BCUT2D eigenvalue weighted by Crippen LogP contribution is 2.31. The Hall–Kier alpha value is -2.97. The summed E-state index contributed by atoms with van der Waals surface area (Å²) < 4.78 is 7.62. The van der Waals surface area contributed by atoms with E-state index >= 15 is 0 Å². The van der Waals surface area contributed by atoms with E-state index in [1.54, 1.807) is 18.2 Å². The van der Waals surface area contributed by atoms with Gasteiger partial charge < -0.3 is 15.1 Å². The molecule has 0 saturated heterocycles. The van der Waals surface area contributed by atoms with Crippen molar-refractivity contribution in [1.29, 1.82) is 0 Å². The smallest absolute Gasteiger partial charge is 0.287 e. The zero-order valence-corrected chi connectivity index (χ0v) is 17.8. The summed E-state index contributed by atoms with van der Waals surface area (Å²) in [7, 11) is 0. The van der Waals surface area contributed by atoms with E-state index in [1.807, 2.05) is 43.3 Å². The lowest BCUT2D eigenvalue weighted by Crippen LogP contribution is -2.32. The normalized spacial score (nSPS) is 10.8. The number of rotatable bonds is 5. The molecule has 8 heteroatoms. The molecule has 0 fully saturated rings. The van der Waals surface area contributed by atoms with Crippen LogP contribution >= 0.6 is 27.3 Å². The summed E-state index contributed by atoms with van der Waals surface area (Å²) >= 11 is 4.88. The Balaban J connectivity index is 1.38. The topological polar surface area (TPSA) is 84.2 Å². The van der Waals surface area contributed by atoms with Gasteiger partial charge in [0.05, 0.1) is 16.8 Å². The third-order valence-corrected chi connectivity index (χ3v) is 5.75. The van der Waals surface area contributed by atoms with Crippen LogP contribution in [0.15, 0.2) is 63.5 Å². The number of hydrogen-bond donors (Lipinski definition) is 2. The number of furan rings is 1. The monoisotopic (exact) mass is 469 g/mol. The van der Waals surface area contributed by atoms with Gasteiger partial charge in [-0.15, -0.1) is 11.3 Å². The first-order valence-electron chi connectivity index (χ1n) is 8.79. The Kier molecular flexibility index (Phi) is 5.46. The highest BCUT2D eigenvalue weighted by Gasteiger charge is 2.16. The van der Waals surface area contributed by atoms with Crippen molar-refractivity contribution in [3.63, 3.8) is 0 Å². The number of anilines is 1. The number of aryl methyl sites for hydroxylation is 1. The molecule has 0 bridgehead atoms. The number of carbonyl (C=O) groups excluding carboxylic acids is 2. The molecule has 2 amide bonds. The van der Waals surface area contributed by atoms with Gasteiger partial charge in [-0.25, -0.2) is 4.98 Å². The van der Waals surface area contributed by atoms with Crippen LogP contribution in [0.2, 0.25) is 0 Å². The first-order valence-corrected chi connectivity index (χ1v) is 10.4. The van der Waals surface area contributed by atoms with Crippen molar-refractivity contribution in [3.8, 4) is 10.8 Å². The summed E-state index contributed by atoms with van der Waals surface area (Å²) in [4.78, 5) is 29.0. The average Bonchev–Trinajstić information content (AvgIpc) is 3.35. The molecule has 2 N–H and O–H groups in total. The zero-order chi connectivity index (χ0) is 20.4. The minimum atomic E-state index is -0.458. The predicted octanol–water partition coefficient (Wildman–Crippen LogP) is 5.00. The number of thiazole rings is 1. The van der Waals surface area contributed by atoms with Crippen molar-refractivity contribution >= 4 is 55.0 Å². The van der Waals surface area contributed by atoms with Crippen molar-refractivity contribution in [2.24, 2.45) is 0 Å². The Morgan fingerprint density at radius 3 is 2.76 bits per heavy atom. The number of benzene rings is 2. The van der Waals surface area contributed by atoms with E-state index in [2.05, 4.69) is 31.5 Å². The largest absolute Gasteiger partial charge is 0.448 e. The Bertz CT molecular complexity index is 1180. The van der Waals surface area contributed by atoms with Gasteiger partial charge in [-0.2, -0.15) is 0 Å². The third-order valence-electron chi connectivity index (χ3n) is 4.21. The predicted molar refractivity (Wildman–Crippen MR) is 117 cm³/mol. The molecule has 29 heavy (non-hydrogen) atoms. The third kappa shape index (κ3) is 4.38. The van der Waals surface area contributed by atoms with E-state index in [0.29, 0.717) is 16.5 Å². The molecule has 146 valence electrons. The van der Waals surface area contributed by atoms with E-state index in [4.69, 9.17) is 4.42 Å². The van der Waals surface area contributed by atoms with Crippen molar-refractivity contribution < 1.29 is 14.0 Å². The molecule has 2 aromatic carbocycles. The van der Waals surface area contributed by atoms with Gasteiger partial charge in [-0.3, -0.25) is 9.59 Å². The second-order valence-electron chi connectivity index (χ2n) is 6.34. The summed E-state index contributed by atoms with van der Waals surface area (Å²) in [6.07, 6.45) is 0. The van der Waals surface area contributed by atoms with E-state index in [9.17, 15) is 9.59 Å². The number of para-hydroxylation sites is 1. The molecule has 0 radical (unpaired) electrons. The first kappa shape index (κ1) is 19.4. The molecule has 4 rings (SSSR count). The Morgan fingerprint density at radius 1 is 1.14 bits per heavy atom. The summed E-state index contributed by atoms with van der Waals surface area (Å²) in [6.45, 7) is 1.73. The fraction of sp³-hybridized carbons (Fsp3) is 0.0952. The number of amides is 2. The average molecular weight is 470 g/mol. The van der Waals surface area contributed by atoms with Gasteiger partial charge in [0.2, 0.25) is 5.91 Å². The van der Waals surface area contributed by atoms with Gasteiger partial charge in [-0.05, 0) is 55.0 Å². The van der Waals surface area contributed by atoms with Crippen LogP contribution in [-0.4, -0.2) is 23.3 Å². The van der Waals surface area contributed by atoms with Crippen LogP contribution in [0.5, 0.6) is 0 Å². The van der Waals surface area contributed by atoms with Crippen molar-refractivity contribution in [1.82, 2.24) is 10.3 Å². The molecule has 6 nitrogen and oxygen atoms in total. The molecular weight excluding hydrogens is 454 g/mol. The molecule has 0 unspecified atom stereocenters. The van der Waals surface area contributed by atoms with E-state index < -0.39 is 5.91 Å². The van der Waals surface area contributed by atoms with Gasteiger partial charge in [0.1, 0.15) is 0 Å². The quantitative estimate of drug-likeness (QED) is 0.430. The number of nitrogens with zero attached hydrogens (tertiary/aromatic N) is 1. The van der Waals surface area contributed by atoms with Crippen molar-refractivity contribution in [2.75, 3.05) is 11.9 Å². The molecule has 0 saturated carbocycles. The van der Waals surface area contributed by atoms with Crippen LogP contribution < -0.4 is 10.6 Å². The standard InChI is InChI=1S/C21H16BrN3O3S/c1-12-10-13(22)6-7-14(12)24-19(26)11-23-20(27)16-8-9-17(28-16)21-25-15-4-2-3-5-18(15)29-21/h2-10H,11H2,1H3,(H,23,27)(H,24,26). The first-order chi connectivity index (χ1) is 14.0. The molecular formula is C21H16BrN3O3S. The summed E-state index contributed by atoms with van der Waals surface area (Å²) in [5, 5.41) is 6.05. The molecule has 4 aromatic rings. The number of hydrogen-bond acceptors (Lipinski definition) is 5. The van der Waals surface area contributed by atoms with E-state index in [-0.39, 0.29) is 18.2 Å². The van der Waals surface area contributed by atoms with Crippen LogP contribution in [0.1, 0.15) is 16.1 Å². The molecule has 0 aliphatic carbocycles. The van der Waals surface area contributed by atoms with Crippen LogP contribution in [-0.2, 0) is 4.79 Å². The summed E-state index contributed by atoms with van der Waals surface area (Å²) in [6, 6.07) is 16.6. The highest BCUT2D eigenvalue weighted by molar-refractivity contribution is 9.10. The fourth-order valence-corrected chi connectivity index (χ4v) is 4.16. The van der Waals surface area contributed by atoms with Crippen LogP contribution in [0, 0.1) is 6.92 Å². The minimum absolute atomic E-state index is 0.131. The Morgan fingerprint density at radius 2 is 1.97 bits per heavy atom. The van der Waals surface area contributed by atoms with Crippen LogP contribution in [0.3, 0.4) is 0 Å². The van der Waals surface area contributed by atoms with Crippen molar-refractivity contribution in [2.45, 2.75) is 6.92 Å². The number of nitrogens with one attached hydrogen (secondary N) is 2. The van der Waals surface area contributed by atoms with Crippen LogP contribution in [0.25, 0.3) is 21.0 Å². The summed E-state index contributed by atoms with van der Waals surface area (Å²) in [5.74, 6) is -0.125. The van der Waals surface area contributed by atoms with Crippen molar-refractivity contribution in [3.05, 3.63) is 70.4 Å². The lowest BCUT2D eigenvalue weighted by Gasteiger charge is -2.09. The van der Waals surface area contributed by atoms with Gasteiger partial charge in [0.15, 0.2) is 16.5 Å². The maximum Gasteiger partial charge on any atom is 0.287 e. The fourth-order valence-electron chi connectivity index (χ4n) is 2.76. The number of aromatic nitrogens is 1. The lowest BCUT2D eigenvalue weighted by molar-refractivity contribution is -0.115. The van der Waals surface area contributed by atoms with Gasteiger partial charge in [0, 0.05) is 10.2 Å². The van der Waals surface area contributed by atoms with Gasteiger partial charge >= 0.3 is 0 Å². The molecule has 2 heterocycles. The molecule has 0 aliphatic heterocycles. The maximum atomic E-state index is 12.3. The minimum Gasteiger partial charge on any atom is -0.448 e. The van der Waals surface area contributed by atoms with Gasteiger partial charge in [-0.1, -0.05) is 28.1 Å². The molecule has 2 aromatic heterocycles. The number of fused-ring (bicyclic) bond motifs is 1. The number of carbonyl (C=O) groups is 2. The summed E-state index contributed by atoms with van der Waals surface area (Å²) in [5.41, 5.74) is 2.50. The number of halogens is 1. The van der Waals surface area contributed by atoms with E-state index in [0.717, 1.165) is 20.3 Å². The van der Waals surface area contributed by atoms with Gasteiger partial charge in [0.25, 0.3) is 5.91 Å². The molecule has 0 atom stereocenters. The second-order valence-corrected chi connectivity index (χ2v) is 8.29. The second kappa shape index (κ2) is 8.18. The molecule has 0 aliphatic rings.